The van der Waals surface area contributed by atoms with Gasteiger partial charge in [-0.2, -0.15) is 18.3 Å². The summed E-state index contributed by atoms with van der Waals surface area (Å²) in [6, 6.07) is 4.59. The summed E-state index contributed by atoms with van der Waals surface area (Å²) in [5, 5.41) is 3.98. The summed E-state index contributed by atoms with van der Waals surface area (Å²) in [6.07, 6.45) is -2.86. The van der Waals surface area contributed by atoms with E-state index in [1.165, 1.54) is 23.0 Å². The van der Waals surface area contributed by atoms with E-state index in [-0.39, 0.29) is 6.54 Å². The molecule has 0 aliphatic carbocycles. The summed E-state index contributed by atoms with van der Waals surface area (Å²) in [5.74, 6) is 0.331. The lowest BCUT2D eigenvalue weighted by molar-refractivity contribution is -0.137. The Labute approximate surface area is 101 Å². The van der Waals surface area contributed by atoms with Gasteiger partial charge in [0, 0.05) is 12.1 Å². The lowest BCUT2D eigenvalue weighted by Gasteiger charge is -2.08. The lowest BCUT2D eigenvalue weighted by atomic mass is 10.2. The van der Waals surface area contributed by atoms with Gasteiger partial charge in [0.15, 0.2) is 0 Å². The van der Waals surface area contributed by atoms with E-state index < -0.39 is 11.7 Å². The van der Waals surface area contributed by atoms with Gasteiger partial charge in [0.25, 0.3) is 0 Å². The first-order chi connectivity index (χ1) is 8.43. The molecule has 2 rings (SSSR count). The number of anilines is 1. The molecule has 1 aromatic carbocycles. The first kappa shape index (κ1) is 12.4. The van der Waals surface area contributed by atoms with Crippen molar-refractivity contribution < 1.29 is 13.2 Å². The number of nitrogens with two attached hydrogens (primary N) is 2. The molecule has 0 aliphatic heterocycles. The third-order valence-corrected chi connectivity index (χ3v) is 2.55. The molecule has 0 atom stereocenters. The smallest absolute Gasteiger partial charge is 0.383 e. The zero-order valence-corrected chi connectivity index (χ0v) is 9.28. The molecule has 4 nitrogen and oxygen atoms in total. The van der Waals surface area contributed by atoms with E-state index in [0.29, 0.717) is 17.1 Å². The highest BCUT2D eigenvalue weighted by Gasteiger charge is 2.30. The van der Waals surface area contributed by atoms with Crippen LogP contribution in [0.15, 0.2) is 30.5 Å². The Morgan fingerprint density at radius 3 is 2.22 bits per heavy atom. The van der Waals surface area contributed by atoms with Crippen LogP contribution in [0, 0.1) is 0 Å². The molecule has 0 amide bonds. The van der Waals surface area contributed by atoms with E-state index >= 15 is 0 Å². The lowest BCUT2D eigenvalue weighted by Crippen LogP contribution is -2.07. The van der Waals surface area contributed by atoms with E-state index in [1.54, 1.807) is 0 Å². The van der Waals surface area contributed by atoms with E-state index in [4.69, 9.17) is 11.5 Å². The topological polar surface area (TPSA) is 69.9 Å². The van der Waals surface area contributed by atoms with Crippen LogP contribution in [-0.2, 0) is 12.7 Å². The second-order valence-corrected chi connectivity index (χ2v) is 3.72. The molecule has 0 bridgehead atoms. The molecular weight excluding hydrogens is 245 g/mol. The van der Waals surface area contributed by atoms with Gasteiger partial charge in [-0.3, -0.25) is 0 Å². The first-order valence-corrected chi connectivity index (χ1v) is 5.13. The van der Waals surface area contributed by atoms with Crippen molar-refractivity contribution in [1.82, 2.24) is 9.78 Å². The van der Waals surface area contributed by atoms with Crippen molar-refractivity contribution in [3.63, 3.8) is 0 Å². The van der Waals surface area contributed by atoms with E-state index in [2.05, 4.69) is 5.10 Å². The number of benzene rings is 1. The molecule has 2 aromatic rings. The molecule has 0 saturated carbocycles. The van der Waals surface area contributed by atoms with E-state index in [1.807, 2.05) is 0 Å². The van der Waals surface area contributed by atoms with Crippen LogP contribution in [0.3, 0.4) is 0 Å². The Balaban J connectivity index is 2.37. The van der Waals surface area contributed by atoms with Crippen LogP contribution in [0.25, 0.3) is 5.69 Å². The number of rotatable bonds is 2. The number of nitrogens with zero attached hydrogens (tertiary/aromatic N) is 2. The van der Waals surface area contributed by atoms with Crippen LogP contribution in [0.2, 0.25) is 0 Å². The van der Waals surface area contributed by atoms with Gasteiger partial charge in [0.1, 0.15) is 5.82 Å². The van der Waals surface area contributed by atoms with E-state index in [9.17, 15) is 13.2 Å². The van der Waals surface area contributed by atoms with Gasteiger partial charge in [-0.25, -0.2) is 4.68 Å². The van der Waals surface area contributed by atoms with Crippen molar-refractivity contribution in [3.8, 4) is 5.69 Å². The van der Waals surface area contributed by atoms with Crippen LogP contribution >= 0.6 is 0 Å². The molecule has 96 valence electrons. The van der Waals surface area contributed by atoms with Gasteiger partial charge in [0.2, 0.25) is 0 Å². The molecule has 0 spiro atoms. The van der Waals surface area contributed by atoms with Gasteiger partial charge in [-0.15, -0.1) is 0 Å². The predicted octanol–water partition coefficient (Wildman–Crippen LogP) is 1.93. The minimum absolute atomic E-state index is 0.229. The molecular formula is C11H11F3N4. The highest BCUT2D eigenvalue weighted by Crippen LogP contribution is 2.29. The normalized spacial score (nSPS) is 11.8. The van der Waals surface area contributed by atoms with Gasteiger partial charge in [-0.05, 0) is 24.3 Å². The highest BCUT2D eigenvalue weighted by atomic mass is 19.4. The summed E-state index contributed by atoms with van der Waals surface area (Å²) < 4.78 is 38.5. The summed E-state index contributed by atoms with van der Waals surface area (Å²) >= 11 is 0. The fraction of sp³-hybridized carbons (Fsp3) is 0.182. The second kappa shape index (κ2) is 4.34. The molecule has 0 aliphatic rings. The minimum atomic E-state index is -4.35. The molecule has 0 fully saturated rings. The van der Waals surface area contributed by atoms with Crippen LogP contribution in [0.1, 0.15) is 11.1 Å². The summed E-state index contributed by atoms with van der Waals surface area (Å²) in [7, 11) is 0. The Morgan fingerprint density at radius 1 is 1.17 bits per heavy atom. The fourth-order valence-electron chi connectivity index (χ4n) is 1.55. The summed E-state index contributed by atoms with van der Waals surface area (Å²) in [5.41, 5.74) is 11.6. The van der Waals surface area contributed by atoms with Crippen molar-refractivity contribution in [2.45, 2.75) is 12.7 Å². The first-order valence-electron chi connectivity index (χ1n) is 5.13. The molecule has 18 heavy (non-hydrogen) atoms. The number of hydrogen-bond acceptors (Lipinski definition) is 3. The maximum absolute atomic E-state index is 12.4. The Hall–Kier alpha value is -2.02. The maximum atomic E-state index is 12.4. The zero-order valence-electron chi connectivity index (χ0n) is 9.28. The summed E-state index contributed by atoms with van der Waals surface area (Å²) in [6.45, 7) is 0.229. The van der Waals surface area contributed by atoms with Crippen LogP contribution in [0.4, 0.5) is 19.0 Å². The fourth-order valence-corrected chi connectivity index (χ4v) is 1.55. The molecule has 4 N–H and O–H groups in total. The number of alkyl halides is 3. The third-order valence-electron chi connectivity index (χ3n) is 2.55. The number of aromatic nitrogens is 2. The van der Waals surface area contributed by atoms with Gasteiger partial charge in [-0.1, -0.05) is 0 Å². The molecule has 1 heterocycles. The van der Waals surface area contributed by atoms with Gasteiger partial charge in [0.05, 0.1) is 17.4 Å². The zero-order chi connectivity index (χ0) is 13.3. The van der Waals surface area contributed by atoms with Crippen molar-refractivity contribution in [1.29, 1.82) is 0 Å². The second-order valence-electron chi connectivity index (χ2n) is 3.72. The average Bonchev–Trinajstić information content (AvgIpc) is 2.69. The molecule has 0 unspecified atom stereocenters. The van der Waals surface area contributed by atoms with Crippen LogP contribution < -0.4 is 11.5 Å². The number of halogens is 3. The quantitative estimate of drug-likeness (QED) is 0.862. The van der Waals surface area contributed by atoms with Crippen LogP contribution in [0.5, 0.6) is 0 Å². The molecule has 0 radical (unpaired) electrons. The van der Waals surface area contributed by atoms with Crippen molar-refractivity contribution in [3.05, 3.63) is 41.6 Å². The highest BCUT2D eigenvalue weighted by molar-refractivity contribution is 5.47. The van der Waals surface area contributed by atoms with Gasteiger partial charge >= 0.3 is 6.18 Å². The summed E-state index contributed by atoms with van der Waals surface area (Å²) in [4.78, 5) is 0. The van der Waals surface area contributed by atoms with E-state index in [0.717, 1.165) is 12.1 Å². The van der Waals surface area contributed by atoms with Crippen molar-refractivity contribution in [2.24, 2.45) is 5.73 Å². The number of hydrogen-bond donors (Lipinski definition) is 2. The van der Waals surface area contributed by atoms with Crippen molar-refractivity contribution >= 4 is 5.82 Å². The monoisotopic (exact) mass is 256 g/mol. The largest absolute Gasteiger partial charge is 0.416 e. The average molecular weight is 256 g/mol. The Kier molecular flexibility index (Phi) is 3.00. The van der Waals surface area contributed by atoms with Gasteiger partial charge < -0.3 is 11.5 Å². The predicted molar refractivity (Wildman–Crippen MR) is 60.9 cm³/mol. The SMILES string of the molecule is NCc1cnn(-c2ccc(C(F)(F)F)cc2)c1N. The molecule has 1 aromatic heterocycles. The maximum Gasteiger partial charge on any atom is 0.416 e. The van der Waals surface area contributed by atoms with Crippen LogP contribution in [-0.4, -0.2) is 9.78 Å². The van der Waals surface area contributed by atoms with Crippen molar-refractivity contribution in [2.75, 3.05) is 5.73 Å². The Morgan fingerprint density at radius 2 is 1.78 bits per heavy atom. The standard InChI is InChI=1S/C11H11F3N4/c12-11(13,14)8-1-3-9(4-2-8)18-10(16)7(5-15)6-17-18/h1-4,6H,5,15-16H2. The molecule has 0 saturated heterocycles. The third kappa shape index (κ3) is 2.17. The Bertz CT molecular complexity index is 542. The number of nitrogen functional groups attached to an aromatic ring is 1. The molecule has 7 heteroatoms. The minimum Gasteiger partial charge on any atom is -0.383 e.